The highest BCUT2D eigenvalue weighted by Crippen LogP contribution is 2.19. The number of nitrogens with one attached hydrogen (secondary N) is 1. The van der Waals surface area contributed by atoms with Crippen LogP contribution < -0.4 is 11.1 Å². The van der Waals surface area contributed by atoms with E-state index in [0.29, 0.717) is 18.1 Å². The monoisotopic (exact) mass is 277 g/mol. The summed E-state index contributed by atoms with van der Waals surface area (Å²) in [7, 11) is 0. The minimum Gasteiger partial charge on any atom is -0.397 e. The van der Waals surface area contributed by atoms with Crippen molar-refractivity contribution in [3.63, 3.8) is 0 Å². The van der Waals surface area contributed by atoms with Crippen molar-refractivity contribution in [3.05, 3.63) is 35.7 Å². The molecule has 2 aromatic rings. The van der Waals surface area contributed by atoms with Gasteiger partial charge < -0.3 is 11.1 Å². The molecule has 106 valence electrons. The van der Waals surface area contributed by atoms with Crippen LogP contribution in [-0.2, 0) is 11.3 Å². The lowest BCUT2D eigenvalue weighted by Gasteiger charge is -2.08. The summed E-state index contributed by atoms with van der Waals surface area (Å²) in [4.78, 5) is 16.0. The Balaban J connectivity index is 1.94. The van der Waals surface area contributed by atoms with Crippen LogP contribution in [0.3, 0.4) is 0 Å². The van der Waals surface area contributed by atoms with Gasteiger partial charge in [-0.15, -0.1) is 0 Å². The number of nitrogen functional groups attached to an aromatic ring is 1. The van der Waals surface area contributed by atoms with Crippen molar-refractivity contribution < 1.29 is 9.18 Å². The predicted molar refractivity (Wildman–Crippen MR) is 73.6 cm³/mol. The Hall–Kier alpha value is -2.44. The molecule has 0 unspecified atom stereocenters. The molecule has 1 amide bonds. The lowest BCUT2D eigenvalue weighted by atomic mass is 10.2. The van der Waals surface area contributed by atoms with Crippen LogP contribution in [0.2, 0.25) is 0 Å². The second-order valence-electron chi connectivity index (χ2n) is 4.46. The van der Waals surface area contributed by atoms with Crippen molar-refractivity contribution in [1.29, 1.82) is 0 Å². The van der Waals surface area contributed by atoms with Gasteiger partial charge in [-0.2, -0.15) is 5.10 Å². The summed E-state index contributed by atoms with van der Waals surface area (Å²) < 4.78 is 14.6. The van der Waals surface area contributed by atoms with Crippen molar-refractivity contribution in [1.82, 2.24) is 14.8 Å². The molecule has 0 saturated carbocycles. The van der Waals surface area contributed by atoms with E-state index in [1.54, 1.807) is 11.6 Å². The Kier molecular flexibility index (Phi) is 3.97. The minimum absolute atomic E-state index is 0.200. The van der Waals surface area contributed by atoms with E-state index < -0.39 is 5.82 Å². The van der Waals surface area contributed by atoms with Gasteiger partial charge in [0.05, 0.1) is 17.9 Å². The summed E-state index contributed by atoms with van der Waals surface area (Å²) in [6.45, 7) is 4.05. The number of benzene rings is 1. The molecular formula is C13H16FN5O. The normalized spacial score (nSPS) is 10.6. The minimum atomic E-state index is -0.436. The van der Waals surface area contributed by atoms with Crippen LogP contribution in [0.15, 0.2) is 18.2 Å². The van der Waals surface area contributed by atoms with Gasteiger partial charge in [0, 0.05) is 6.42 Å². The first-order valence-electron chi connectivity index (χ1n) is 6.18. The Morgan fingerprint density at radius 1 is 1.45 bits per heavy atom. The topological polar surface area (TPSA) is 85.8 Å². The Morgan fingerprint density at radius 3 is 2.80 bits per heavy atom. The predicted octanol–water partition coefficient (Wildman–Crippen LogP) is 1.65. The standard InChI is InChI=1S/C13H16FN5O/c1-8-16-9(2)19(18-8)6-5-13(20)17-12-4-3-10(14)7-11(12)15/h3-4,7H,5-6,15H2,1-2H3,(H,17,20). The molecule has 2 rings (SSSR count). The van der Waals surface area contributed by atoms with E-state index >= 15 is 0 Å². The summed E-state index contributed by atoms with van der Waals surface area (Å²) in [5.74, 6) is 0.785. The molecule has 1 aromatic heterocycles. The third kappa shape index (κ3) is 3.31. The van der Waals surface area contributed by atoms with E-state index in [-0.39, 0.29) is 18.0 Å². The summed E-state index contributed by atoms with van der Waals surface area (Å²) in [6.07, 6.45) is 0.237. The highest BCUT2D eigenvalue weighted by atomic mass is 19.1. The first-order valence-corrected chi connectivity index (χ1v) is 6.18. The van der Waals surface area contributed by atoms with Gasteiger partial charge in [-0.3, -0.25) is 4.79 Å². The maximum absolute atomic E-state index is 12.9. The molecule has 3 N–H and O–H groups in total. The number of nitrogens with two attached hydrogens (primary N) is 1. The average molecular weight is 277 g/mol. The Morgan fingerprint density at radius 2 is 2.20 bits per heavy atom. The van der Waals surface area contributed by atoms with Gasteiger partial charge in [0.1, 0.15) is 17.5 Å². The number of anilines is 2. The van der Waals surface area contributed by atoms with Gasteiger partial charge in [-0.1, -0.05) is 0 Å². The number of nitrogens with zero attached hydrogens (tertiary/aromatic N) is 3. The molecule has 0 aliphatic heterocycles. The number of rotatable bonds is 4. The summed E-state index contributed by atoms with van der Waals surface area (Å²) >= 11 is 0. The van der Waals surface area contributed by atoms with E-state index in [4.69, 9.17) is 5.73 Å². The summed E-state index contributed by atoms with van der Waals surface area (Å²) in [6, 6.07) is 3.85. The van der Waals surface area contributed by atoms with E-state index in [0.717, 1.165) is 5.82 Å². The number of aromatic nitrogens is 3. The Bertz CT molecular complexity index is 638. The second-order valence-corrected chi connectivity index (χ2v) is 4.46. The van der Waals surface area contributed by atoms with Crippen molar-refractivity contribution in [3.8, 4) is 0 Å². The maximum Gasteiger partial charge on any atom is 0.226 e. The highest BCUT2D eigenvalue weighted by molar-refractivity contribution is 5.93. The molecule has 0 bridgehead atoms. The van der Waals surface area contributed by atoms with Crippen LogP contribution in [0.5, 0.6) is 0 Å². The zero-order chi connectivity index (χ0) is 14.7. The molecule has 7 heteroatoms. The number of halogens is 1. The molecule has 0 spiro atoms. The van der Waals surface area contributed by atoms with Gasteiger partial charge in [0.15, 0.2) is 0 Å². The smallest absolute Gasteiger partial charge is 0.226 e. The zero-order valence-corrected chi connectivity index (χ0v) is 11.4. The van der Waals surface area contributed by atoms with Gasteiger partial charge >= 0.3 is 0 Å². The fraction of sp³-hybridized carbons (Fsp3) is 0.308. The fourth-order valence-electron chi connectivity index (χ4n) is 1.84. The fourth-order valence-corrected chi connectivity index (χ4v) is 1.84. The van der Waals surface area contributed by atoms with E-state index in [9.17, 15) is 9.18 Å². The summed E-state index contributed by atoms with van der Waals surface area (Å²) in [5, 5.41) is 6.81. The number of amides is 1. The first kappa shape index (κ1) is 14.0. The molecule has 20 heavy (non-hydrogen) atoms. The van der Waals surface area contributed by atoms with Gasteiger partial charge in [-0.25, -0.2) is 14.1 Å². The molecule has 0 radical (unpaired) electrons. The van der Waals surface area contributed by atoms with Crippen LogP contribution in [0, 0.1) is 19.7 Å². The van der Waals surface area contributed by atoms with Crippen molar-refractivity contribution in [2.45, 2.75) is 26.8 Å². The second kappa shape index (κ2) is 5.68. The quantitative estimate of drug-likeness (QED) is 0.832. The van der Waals surface area contributed by atoms with Crippen LogP contribution in [-0.4, -0.2) is 20.7 Å². The van der Waals surface area contributed by atoms with Crippen molar-refractivity contribution in [2.24, 2.45) is 0 Å². The maximum atomic E-state index is 12.9. The number of carbonyl (C=O) groups excluding carboxylic acids is 1. The molecular weight excluding hydrogens is 261 g/mol. The van der Waals surface area contributed by atoms with Crippen molar-refractivity contribution >= 4 is 17.3 Å². The average Bonchev–Trinajstić information content (AvgIpc) is 2.69. The molecule has 1 heterocycles. The Labute approximate surface area is 115 Å². The van der Waals surface area contributed by atoms with Gasteiger partial charge in [0.2, 0.25) is 5.91 Å². The first-order chi connectivity index (χ1) is 9.45. The van der Waals surface area contributed by atoms with Gasteiger partial charge in [0.25, 0.3) is 0 Å². The number of hydrogen-bond donors (Lipinski definition) is 2. The van der Waals surface area contributed by atoms with E-state index in [1.807, 2.05) is 6.92 Å². The molecule has 0 aliphatic rings. The number of carbonyl (C=O) groups is 1. The van der Waals surface area contributed by atoms with Crippen LogP contribution in [0.1, 0.15) is 18.1 Å². The molecule has 6 nitrogen and oxygen atoms in total. The lowest BCUT2D eigenvalue weighted by molar-refractivity contribution is -0.116. The van der Waals surface area contributed by atoms with E-state index in [1.165, 1.54) is 18.2 Å². The molecule has 1 aromatic carbocycles. The van der Waals surface area contributed by atoms with Crippen LogP contribution in [0.4, 0.5) is 15.8 Å². The molecule has 0 fully saturated rings. The lowest BCUT2D eigenvalue weighted by Crippen LogP contribution is -2.16. The SMILES string of the molecule is Cc1nc(C)n(CCC(=O)Nc2ccc(F)cc2N)n1. The number of aryl methyl sites for hydroxylation is 3. The van der Waals surface area contributed by atoms with Gasteiger partial charge in [-0.05, 0) is 32.0 Å². The largest absolute Gasteiger partial charge is 0.397 e. The number of hydrogen-bond acceptors (Lipinski definition) is 4. The van der Waals surface area contributed by atoms with Crippen LogP contribution in [0.25, 0.3) is 0 Å². The highest BCUT2D eigenvalue weighted by Gasteiger charge is 2.08. The molecule has 0 aliphatic carbocycles. The van der Waals surface area contributed by atoms with Crippen molar-refractivity contribution in [2.75, 3.05) is 11.1 Å². The molecule has 0 saturated heterocycles. The van der Waals surface area contributed by atoms with Crippen LogP contribution >= 0.6 is 0 Å². The molecule has 0 atom stereocenters. The third-order valence-corrected chi connectivity index (χ3v) is 2.80. The zero-order valence-electron chi connectivity index (χ0n) is 11.4. The summed E-state index contributed by atoms with van der Waals surface area (Å²) in [5.41, 5.74) is 6.23. The van der Waals surface area contributed by atoms with E-state index in [2.05, 4.69) is 15.4 Å². The third-order valence-electron chi connectivity index (χ3n) is 2.80.